The molecule has 1 aliphatic rings. The highest BCUT2D eigenvalue weighted by Crippen LogP contribution is 2.37. The minimum atomic E-state index is -1.54. The minimum absolute atomic E-state index is 0.0657. The normalized spacial score (nSPS) is 19.5. The summed E-state index contributed by atoms with van der Waals surface area (Å²) in [5.41, 5.74) is -2.29. The van der Waals surface area contributed by atoms with E-state index in [2.05, 4.69) is 15.5 Å². The van der Waals surface area contributed by atoms with E-state index < -0.39 is 100 Å². The number of hydrogen-bond acceptors (Lipinski definition) is 14. The van der Waals surface area contributed by atoms with Gasteiger partial charge in [0.05, 0.1) is 28.3 Å². The van der Waals surface area contributed by atoms with Crippen molar-refractivity contribution in [3.8, 4) is 11.6 Å². The molecule has 0 unspecified atom stereocenters. The first-order valence-electron chi connectivity index (χ1n) is 22.1. The van der Waals surface area contributed by atoms with Crippen LogP contribution in [0.2, 0.25) is 0 Å². The molecule has 0 bridgehead atoms. The number of aromatic amines is 1. The molecule has 1 fully saturated rings. The molecule has 1 aliphatic heterocycles. The highest BCUT2D eigenvalue weighted by molar-refractivity contribution is 5.86. The third-order valence-corrected chi connectivity index (χ3v) is 10.3. The van der Waals surface area contributed by atoms with Gasteiger partial charge in [0.1, 0.15) is 24.0 Å². The highest BCUT2D eigenvalue weighted by atomic mass is 16.7. The SMILES string of the molecule is Cc1cc(OCCCC(=O)NC(C)(C)C(=O)O)ccc1Cc1c(O[C@@H]2O[C@H](COC(=O)C(C)(C)C)[C@@H](OC(=O)C(C)(C)C)[C@H](OC(=O)C(C)(C)C)[C@H]2OC(=O)C(C)(C)C)n[nH]c1C(C)C. The van der Waals surface area contributed by atoms with Gasteiger partial charge in [0.15, 0.2) is 12.2 Å². The number of carboxylic acids is 1. The number of H-pyrrole nitrogens is 1. The molecule has 1 aromatic carbocycles. The first-order chi connectivity index (χ1) is 29.6. The van der Waals surface area contributed by atoms with Crippen molar-refractivity contribution in [1.82, 2.24) is 15.5 Å². The first kappa shape index (κ1) is 54.1. The van der Waals surface area contributed by atoms with Gasteiger partial charge >= 0.3 is 29.8 Å². The number of nitrogens with one attached hydrogen (secondary N) is 2. The standard InChI is InChI=1S/C48H73N3O14/c1-26(2)33-30(24-28-20-21-29(23-27(28)3)59-22-18-19-32(52)49-48(16,17)39(53)54)37(51-50-33)65-38-36(64-43(58)47(13,14)15)35(63-42(57)46(10,11)12)34(62-41(56)45(7,8)9)31(61-38)25-60-40(55)44(4,5)6/h20-21,23,26,31,34-36,38H,18-19,22,24-25H2,1-17H3,(H,49,52)(H,50,51)(H,53,54)/t31-,34-,35+,36-,38+/m1/s1. The van der Waals surface area contributed by atoms with Crippen LogP contribution < -0.4 is 14.8 Å². The molecule has 1 aromatic heterocycles. The number of esters is 4. The van der Waals surface area contributed by atoms with Crippen molar-refractivity contribution >= 4 is 35.8 Å². The number of carboxylic acid groups (broad SMARTS) is 1. The molecule has 364 valence electrons. The number of amides is 1. The van der Waals surface area contributed by atoms with Crippen molar-refractivity contribution in [2.75, 3.05) is 13.2 Å². The summed E-state index contributed by atoms with van der Waals surface area (Å²) in [6.45, 7) is 28.4. The fraction of sp³-hybridized carbons (Fsp3) is 0.688. The molecule has 0 saturated carbocycles. The van der Waals surface area contributed by atoms with E-state index in [4.69, 9.17) is 33.2 Å². The van der Waals surface area contributed by atoms with Crippen LogP contribution in [0, 0.1) is 28.6 Å². The molecule has 1 amide bonds. The predicted molar refractivity (Wildman–Crippen MR) is 239 cm³/mol. The molecule has 3 N–H and O–H groups in total. The molecular formula is C48H73N3O14. The summed E-state index contributed by atoms with van der Waals surface area (Å²) in [6, 6.07) is 5.56. The quantitative estimate of drug-likeness (QED) is 0.0814. The van der Waals surface area contributed by atoms with Crippen molar-refractivity contribution < 1.29 is 67.0 Å². The maximum absolute atomic E-state index is 13.8. The monoisotopic (exact) mass is 916 g/mol. The Morgan fingerprint density at radius 3 is 1.78 bits per heavy atom. The van der Waals surface area contributed by atoms with Gasteiger partial charge in [0, 0.05) is 24.1 Å². The Kier molecular flexibility index (Phi) is 17.5. The third kappa shape index (κ3) is 15.2. The molecule has 2 aromatic rings. The van der Waals surface area contributed by atoms with E-state index in [1.807, 2.05) is 32.9 Å². The summed E-state index contributed by atoms with van der Waals surface area (Å²) in [6.07, 6.45) is -6.55. The number of ether oxygens (including phenoxy) is 7. The second kappa shape index (κ2) is 21.0. The van der Waals surface area contributed by atoms with E-state index in [-0.39, 0.29) is 24.8 Å². The molecule has 5 atom stereocenters. The average molecular weight is 916 g/mol. The molecule has 2 heterocycles. The number of rotatable bonds is 17. The van der Waals surface area contributed by atoms with E-state index in [1.165, 1.54) is 13.8 Å². The van der Waals surface area contributed by atoms with Crippen LogP contribution in [0.5, 0.6) is 11.6 Å². The zero-order valence-electron chi connectivity index (χ0n) is 41.4. The van der Waals surface area contributed by atoms with Crippen molar-refractivity contribution in [1.29, 1.82) is 0 Å². The van der Waals surface area contributed by atoms with Crippen molar-refractivity contribution in [2.24, 2.45) is 21.7 Å². The van der Waals surface area contributed by atoms with Crippen LogP contribution in [0.3, 0.4) is 0 Å². The van der Waals surface area contributed by atoms with Crippen LogP contribution in [-0.2, 0) is 58.9 Å². The molecule has 17 nitrogen and oxygen atoms in total. The number of carbonyl (C=O) groups excluding carboxylic acids is 5. The largest absolute Gasteiger partial charge is 0.494 e. The van der Waals surface area contributed by atoms with Crippen molar-refractivity contribution in [3.05, 3.63) is 40.6 Å². The summed E-state index contributed by atoms with van der Waals surface area (Å²) in [7, 11) is 0. The molecule has 65 heavy (non-hydrogen) atoms. The summed E-state index contributed by atoms with van der Waals surface area (Å²) < 4.78 is 43.3. The topological polar surface area (TPSA) is 228 Å². The van der Waals surface area contributed by atoms with Crippen LogP contribution in [0.4, 0.5) is 0 Å². The zero-order chi connectivity index (χ0) is 49.6. The summed E-state index contributed by atoms with van der Waals surface area (Å²) in [5.74, 6) is -3.57. The van der Waals surface area contributed by atoms with Crippen LogP contribution in [0.25, 0.3) is 0 Å². The number of aryl methyl sites for hydroxylation is 1. The van der Waals surface area contributed by atoms with Gasteiger partial charge in [-0.15, -0.1) is 5.10 Å². The Bertz CT molecular complexity index is 2030. The predicted octanol–water partition coefficient (Wildman–Crippen LogP) is 7.14. The summed E-state index contributed by atoms with van der Waals surface area (Å²) >= 11 is 0. The van der Waals surface area contributed by atoms with Crippen LogP contribution in [-0.4, -0.2) is 101 Å². The molecular weight excluding hydrogens is 843 g/mol. The maximum atomic E-state index is 13.8. The van der Waals surface area contributed by atoms with E-state index in [0.717, 1.165) is 16.8 Å². The number of aliphatic carboxylic acids is 1. The number of hydrogen-bond donors (Lipinski definition) is 3. The van der Waals surface area contributed by atoms with Crippen molar-refractivity contribution in [2.45, 2.75) is 179 Å². The lowest BCUT2D eigenvalue weighted by Gasteiger charge is -2.45. The van der Waals surface area contributed by atoms with Gasteiger partial charge in [-0.3, -0.25) is 29.1 Å². The van der Waals surface area contributed by atoms with Gasteiger partial charge in [-0.1, -0.05) is 19.9 Å². The maximum Gasteiger partial charge on any atom is 0.328 e. The van der Waals surface area contributed by atoms with Gasteiger partial charge in [-0.2, -0.15) is 0 Å². The molecule has 3 rings (SSSR count). The minimum Gasteiger partial charge on any atom is -0.494 e. The fourth-order valence-corrected chi connectivity index (χ4v) is 6.04. The Balaban J connectivity index is 2.08. The first-order valence-corrected chi connectivity index (χ1v) is 22.1. The Labute approximate surface area is 383 Å². The van der Waals surface area contributed by atoms with Gasteiger partial charge in [0.2, 0.25) is 24.2 Å². The number of aromatic nitrogens is 2. The van der Waals surface area contributed by atoms with Crippen LogP contribution in [0.1, 0.15) is 152 Å². The zero-order valence-corrected chi connectivity index (χ0v) is 41.4. The van der Waals surface area contributed by atoms with E-state index in [1.54, 1.807) is 89.2 Å². The molecule has 0 spiro atoms. The summed E-state index contributed by atoms with van der Waals surface area (Å²) in [4.78, 5) is 78.0. The Morgan fingerprint density at radius 2 is 1.29 bits per heavy atom. The van der Waals surface area contributed by atoms with Gasteiger partial charge in [0.25, 0.3) is 0 Å². The van der Waals surface area contributed by atoms with Crippen molar-refractivity contribution in [3.63, 3.8) is 0 Å². The fourth-order valence-electron chi connectivity index (χ4n) is 6.04. The third-order valence-electron chi connectivity index (χ3n) is 10.3. The van der Waals surface area contributed by atoms with E-state index >= 15 is 0 Å². The molecule has 0 aliphatic carbocycles. The summed E-state index contributed by atoms with van der Waals surface area (Å²) in [5, 5.41) is 19.4. The number of benzene rings is 1. The Morgan fingerprint density at radius 1 is 0.769 bits per heavy atom. The van der Waals surface area contributed by atoms with Crippen LogP contribution >= 0.6 is 0 Å². The van der Waals surface area contributed by atoms with E-state index in [0.29, 0.717) is 24.2 Å². The number of nitrogens with zero attached hydrogens (tertiary/aromatic N) is 1. The van der Waals surface area contributed by atoms with E-state index in [9.17, 15) is 33.9 Å². The molecule has 0 radical (unpaired) electrons. The van der Waals surface area contributed by atoms with Gasteiger partial charge in [-0.25, -0.2) is 4.79 Å². The molecule has 1 saturated heterocycles. The highest BCUT2D eigenvalue weighted by Gasteiger charge is 2.56. The average Bonchev–Trinajstić information content (AvgIpc) is 3.55. The lowest BCUT2D eigenvalue weighted by Crippen LogP contribution is -2.65. The lowest BCUT2D eigenvalue weighted by atomic mass is 9.93. The van der Waals surface area contributed by atoms with Gasteiger partial charge < -0.3 is 43.6 Å². The molecule has 17 heteroatoms. The second-order valence-electron chi connectivity index (χ2n) is 21.6. The smallest absolute Gasteiger partial charge is 0.328 e. The van der Waals surface area contributed by atoms with Gasteiger partial charge in [-0.05, 0) is 139 Å². The lowest BCUT2D eigenvalue weighted by molar-refractivity contribution is -0.294. The Hall–Kier alpha value is -5.19. The second-order valence-corrected chi connectivity index (χ2v) is 21.6. The number of carbonyl (C=O) groups is 6. The van der Waals surface area contributed by atoms with Crippen LogP contribution in [0.15, 0.2) is 18.2 Å².